The molecule has 0 bridgehead atoms. The second-order valence-electron chi connectivity index (χ2n) is 6.74. The minimum absolute atomic E-state index is 0.0855. The van der Waals surface area contributed by atoms with Crippen LogP contribution in [0.25, 0.3) is 6.08 Å². The second kappa shape index (κ2) is 11.2. The van der Waals surface area contributed by atoms with Gasteiger partial charge in [-0.2, -0.15) is 11.8 Å². The highest BCUT2D eigenvalue weighted by Crippen LogP contribution is 2.15. The fraction of sp³-hybridized carbons (Fsp3) is 0.167. The molecule has 0 saturated carbocycles. The molecule has 0 aliphatic rings. The van der Waals surface area contributed by atoms with E-state index in [0.29, 0.717) is 34.9 Å². The topological polar surface area (TPSA) is 71.3 Å². The Morgan fingerprint density at radius 3 is 2.58 bits per heavy atom. The standard InChI is InChI=1S/C24H23FN2O3S/c1-17-7-2-4-10-20(17)23(28)27-22(15-19-9-6-13-30-19)24(29)26-12-14-31-16-18-8-3-5-11-21(18)25/h2-11,13,15H,12,14,16H2,1H3,(H,26,29)(H,27,28)/b22-15-. The Morgan fingerprint density at radius 1 is 1.06 bits per heavy atom. The van der Waals surface area contributed by atoms with Crippen molar-refractivity contribution in [1.82, 2.24) is 10.6 Å². The number of amides is 2. The van der Waals surface area contributed by atoms with Gasteiger partial charge in [-0.3, -0.25) is 9.59 Å². The van der Waals surface area contributed by atoms with Gasteiger partial charge in [0, 0.05) is 29.7 Å². The van der Waals surface area contributed by atoms with Gasteiger partial charge < -0.3 is 15.1 Å². The molecule has 2 aromatic carbocycles. The first-order chi connectivity index (χ1) is 15.0. The zero-order chi connectivity index (χ0) is 22.1. The first-order valence-electron chi connectivity index (χ1n) is 9.76. The van der Waals surface area contributed by atoms with Gasteiger partial charge in [0.05, 0.1) is 6.26 Å². The quantitative estimate of drug-likeness (QED) is 0.380. The van der Waals surface area contributed by atoms with E-state index in [1.165, 1.54) is 30.2 Å². The number of rotatable bonds is 9. The highest BCUT2D eigenvalue weighted by molar-refractivity contribution is 7.98. The first-order valence-corrected chi connectivity index (χ1v) is 10.9. The zero-order valence-electron chi connectivity index (χ0n) is 17.1. The summed E-state index contributed by atoms with van der Waals surface area (Å²) in [5.41, 5.74) is 2.01. The number of carbonyl (C=O) groups is 2. The van der Waals surface area contributed by atoms with Crippen molar-refractivity contribution in [1.29, 1.82) is 0 Å². The number of hydrogen-bond acceptors (Lipinski definition) is 4. The predicted molar refractivity (Wildman–Crippen MR) is 121 cm³/mol. The number of nitrogens with one attached hydrogen (secondary N) is 2. The monoisotopic (exact) mass is 438 g/mol. The minimum atomic E-state index is -0.426. The third-order valence-corrected chi connectivity index (χ3v) is 5.47. The summed E-state index contributed by atoms with van der Waals surface area (Å²) in [6.45, 7) is 2.20. The van der Waals surface area contributed by atoms with Crippen molar-refractivity contribution in [3.8, 4) is 0 Å². The van der Waals surface area contributed by atoms with Gasteiger partial charge in [-0.05, 0) is 42.3 Å². The molecule has 7 heteroatoms. The van der Waals surface area contributed by atoms with Crippen LogP contribution in [0.4, 0.5) is 4.39 Å². The van der Waals surface area contributed by atoms with Gasteiger partial charge in [-0.25, -0.2) is 4.39 Å². The van der Waals surface area contributed by atoms with Gasteiger partial charge in [0.15, 0.2) is 0 Å². The number of halogens is 1. The molecular weight excluding hydrogens is 415 g/mol. The molecule has 0 atom stereocenters. The summed E-state index contributed by atoms with van der Waals surface area (Å²) in [6, 6.07) is 17.2. The van der Waals surface area contributed by atoms with Gasteiger partial charge >= 0.3 is 0 Å². The van der Waals surface area contributed by atoms with E-state index in [1.54, 1.807) is 42.5 Å². The summed E-state index contributed by atoms with van der Waals surface area (Å²) in [6.07, 6.45) is 2.97. The lowest BCUT2D eigenvalue weighted by Crippen LogP contribution is -2.36. The van der Waals surface area contributed by atoms with E-state index in [2.05, 4.69) is 10.6 Å². The van der Waals surface area contributed by atoms with Crippen LogP contribution < -0.4 is 10.6 Å². The van der Waals surface area contributed by atoms with Gasteiger partial charge in [0.2, 0.25) is 0 Å². The van der Waals surface area contributed by atoms with Crippen molar-refractivity contribution in [2.24, 2.45) is 0 Å². The molecule has 160 valence electrons. The molecule has 0 spiro atoms. The van der Waals surface area contributed by atoms with Gasteiger partial charge in [0.25, 0.3) is 11.8 Å². The van der Waals surface area contributed by atoms with Crippen molar-refractivity contribution < 1.29 is 18.4 Å². The maximum Gasteiger partial charge on any atom is 0.267 e. The molecule has 2 amide bonds. The Balaban J connectivity index is 1.59. The molecule has 0 radical (unpaired) electrons. The van der Waals surface area contributed by atoms with E-state index >= 15 is 0 Å². The van der Waals surface area contributed by atoms with E-state index in [9.17, 15) is 14.0 Å². The molecule has 0 saturated heterocycles. The fourth-order valence-corrected chi connectivity index (χ4v) is 3.67. The number of carbonyl (C=O) groups excluding carboxylic acids is 2. The normalized spacial score (nSPS) is 11.2. The highest BCUT2D eigenvalue weighted by atomic mass is 32.2. The van der Waals surface area contributed by atoms with Gasteiger partial charge in [-0.1, -0.05) is 36.4 Å². The molecule has 0 aliphatic carbocycles. The molecule has 1 heterocycles. The fourth-order valence-electron chi connectivity index (χ4n) is 2.82. The Hall–Kier alpha value is -3.32. The minimum Gasteiger partial charge on any atom is -0.465 e. The van der Waals surface area contributed by atoms with E-state index in [1.807, 2.05) is 19.1 Å². The number of hydrogen-bond donors (Lipinski definition) is 2. The molecule has 5 nitrogen and oxygen atoms in total. The average molecular weight is 439 g/mol. The number of aryl methyl sites for hydroxylation is 1. The van der Waals surface area contributed by atoms with Crippen molar-refractivity contribution >= 4 is 29.7 Å². The van der Waals surface area contributed by atoms with Crippen LogP contribution in [0.5, 0.6) is 0 Å². The molecule has 3 rings (SSSR count). The summed E-state index contributed by atoms with van der Waals surface area (Å²) in [5, 5.41) is 5.47. The number of furan rings is 1. The SMILES string of the molecule is Cc1ccccc1C(=O)N/C(=C\c1ccco1)C(=O)NCCSCc1ccccc1F. The van der Waals surface area contributed by atoms with Crippen molar-refractivity contribution in [3.63, 3.8) is 0 Å². The summed E-state index contributed by atoms with van der Waals surface area (Å²) >= 11 is 1.51. The van der Waals surface area contributed by atoms with Crippen LogP contribution in [0, 0.1) is 12.7 Å². The molecule has 1 aromatic heterocycles. The van der Waals surface area contributed by atoms with E-state index in [4.69, 9.17) is 4.42 Å². The van der Waals surface area contributed by atoms with Crippen molar-refractivity contribution in [2.75, 3.05) is 12.3 Å². The Kier molecular flexibility index (Phi) is 8.06. The van der Waals surface area contributed by atoms with Crippen molar-refractivity contribution in [2.45, 2.75) is 12.7 Å². The predicted octanol–water partition coefficient (Wildman–Crippen LogP) is 4.55. The maximum atomic E-state index is 13.7. The molecule has 2 N–H and O–H groups in total. The van der Waals surface area contributed by atoms with Crippen LogP contribution in [0.2, 0.25) is 0 Å². The van der Waals surface area contributed by atoms with Crippen LogP contribution >= 0.6 is 11.8 Å². The molecule has 3 aromatic rings. The van der Waals surface area contributed by atoms with Crippen LogP contribution in [0.3, 0.4) is 0 Å². The summed E-state index contributed by atoms with van der Waals surface area (Å²) < 4.78 is 18.9. The third kappa shape index (κ3) is 6.58. The summed E-state index contributed by atoms with van der Waals surface area (Å²) in [4.78, 5) is 25.4. The Bertz CT molecular complexity index is 1060. The third-order valence-electron chi connectivity index (χ3n) is 4.46. The summed E-state index contributed by atoms with van der Waals surface area (Å²) in [5.74, 6) is 0.525. The van der Waals surface area contributed by atoms with Gasteiger partial charge in [-0.15, -0.1) is 0 Å². The van der Waals surface area contributed by atoms with Gasteiger partial charge in [0.1, 0.15) is 17.3 Å². The number of thioether (sulfide) groups is 1. The van der Waals surface area contributed by atoms with Crippen LogP contribution in [-0.4, -0.2) is 24.1 Å². The Labute approximate surface area is 184 Å². The van der Waals surface area contributed by atoms with Crippen LogP contribution in [0.15, 0.2) is 77.0 Å². The van der Waals surface area contributed by atoms with E-state index in [0.717, 1.165) is 5.56 Å². The van der Waals surface area contributed by atoms with Crippen LogP contribution in [-0.2, 0) is 10.5 Å². The smallest absolute Gasteiger partial charge is 0.267 e. The molecule has 0 aliphatic heterocycles. The molecule has 0 fully saturated rings. The lowest BCUT2D eigenvalue weighted by Gasteiger charge is -2.12. The summed E-state index contributed by atoms with van der Waals surface area (Å²) in [7, 11) is 0. The van der Waals surface area contributed by atoms with E-state index < -0.39 is 5.91 Å². The molecular formula is C24H23FN2O3S. The zero-order valence-corrected chi connectivity index (χ0v) is 17.9. The molecule has 0 unspecified atom stereocenters. The lowest BCUT2D eigenvalue weighted by atomic mass is 10.1. The van der Waals surface area contributed by atoms with Crippen molar-refractivity contribution in [3.05, 3.63) is 101 Å². The largest absolute Gasteiger partial charge is 0.465 e. The maximum absolute atomic E-state index is 13.7. The number of benzene rings is 2. The average Bonchev–Trinajstić information content (AvgIpc) is 3.27. The van der Waals surface area contributed by atoms with Crippen LogP contribution in [0.1, 0.15) is 27.2 Å². The Morgan fingerprint density at radius 2 is 1.84 bits per heavy atom. The highest BCUT2D eigenvalue weighted by Gasteiger charge is 2.16. The molecule has 31 heavy (non-hydrogen) atoms. The lowest BCUT2D eigenvalue weighted by molar-refractivity contribution is -0.117. The van der Waals surface area contributed by atoms with E-state index in [-0.39, 0.29) is 17.4 Å². The second-order valence-corrected chi connectivity index (χ2v) is 7.85. The first kappa shape index (κ1) is 22.4.